The second-order valence-corrected chi connectivity index (χ2v) is 7.11. The highest BCUT2D eigenvalue weighted by Gasteiger charge is 2.44. The molecule has 0 aromatic heterocycles. The molecule has 0 amide bonds. The first-order valence-corrected chi connectivity index (χ1v) is 10.2. The van der Waals surface area contributed by atoms with Crippen molar-refractivity contribution in [3.05, 3.63) is 102 Å². The Morgan fingerprint density at radius 2 is 1.32 bits per heavy atom. The van der Waals surface area contributed by atoms with Gasteiger partial charge in [-0.2, -0.15) is 0 Å². The van der Waals surface area contributed by atoms with E-state index in [2.05, 4.69) is 95.1 Å². The lowest BCUT2D eigenvalue weighted by Gasteiger charge is -2.47. The fraction of sp³-hybridized carbons (Fsp3) is 0.280. The van der Waals surface area contributed by atoms with E-state index in [4.69, 9.17) is 4.74 Å². The molecule has 0 spiro atoms. The molecule has 3 aromatic rings. The van der Waals surface area contributed by atoms with Crippen molar-refractivity contribution < 1.29 is 4.74 Å². The molecule has 1 fully saturated rings. The lowest BCUT2D eigenvalue weighted by Crippen LogP contribution is -2.55. The summed E-state index contributed by atoms with van der Waals surface area (Å²) in [6.45, 7) is 6.62. The van der Waals surface area contributed by atoms with Crippen LogP contribution in [0.5, 0.6) is 5.75 Å². The molecule has 3 heteroatoms. The topological polar surface area (TPSA) is 24.5 Å². The molecule has 0 radical (unpaired) electrons. The maximum absolute atomic E-state index is 6.13. The Bertz CT molecular complexity index is 834. The van der Waals surface area contributed by atoms with E-state index in [1.54, 1.807) is 0 Å². The summed E-state index contributed by atoms with van der Waals surface area (Å²) in [6, 6.07) is 30.2. The van der Waals surface area contributed by atoms with Gasteiger partial charge in [-0.1, -0.05) is 78.9 Å². The van der Waals surface area contributed by atoms with E-state index in [9.17, 15) is 0 Å². The van der Waals surface area contributed by atoms with Crippen molar-refractivity contribution in [2.24, 2.45) is 0 Å². The number of benzene rings is 3. The van der Waals surface area contributed by atoms with Crippen molar-refractivity contribution in [1.29, 1.82) is 0 Å². The average Bonchev–Trinajstić information content (AvgIpc) is 2.78. The molecule has 4 rings (SSSR count). The molecule has 28 heavy (non-hydrogen) atoms. The Hall–Kier alpha value is -2.62. The van der Waals surface area contributed by atoms with Crippen molar-refractivity contribution >= 4 is 0 Å². The number of nitrogens with zero attached hydrogens (tertiary/aromatic N) is 1. The summed E-state index contributed by atoms with van der Waals surface area (Å²) in [7, 11) is 0. The zero-order chi connectivity index (χ0) is 19.2. The first-order chi connectivity index (χ1) is 13.9. The molecule has 1 saturated heterocycles. The van der Waals surface area contributed by atoms with Gasteiger partial charge in [0.1, 0.15) is 11.3 Å². The zero-order valence-electron chi connectivity index (χ0n) is 16.5. The summed E-state index contributed by atoms with van der Waals surface area (Å²) in [6.07, 6.45) is 0. The Kier molecular flexibility index (Phi) is 5.75. The van der Waals surface area contributed by atoms with E-state index in [1.165, 1.54) is 16.7 Å². The number of hydrogen-bond donors (Lipinski definition) is 1. The molecule has 0 aliphatic carbocycles. The van der Waals surface area contributed by atoms with Gasteiger partial charge in [0, 0.05) is 31.7 Å². The molecule has 0 unspecified atom stereocenters. The van der Waals surface area contributed by atoms with Crippen LogP contribution in [0, 0.1) is 0 Å². The molecule has 1 heterocycles. The first-order valence-electron chi connectivity index (χ1n) is 10.2. The van der Waals surface area contributed by atoms with Gasteiger partial charge in [-0.25, -0.2) is 0 Å². The largest absolute Gasteiger partial charge is 0.493 e. The Labute approximate surface area is 168 Å². The molecule has 0 atom stereocenters. The van der Waals surface area contributed by atoms with Gasteiger partial charge < -0.3 is 10.1 Å². The summed E-state index contributed by atoms with van der Waals surface area (Å²) >= 11 is 0. The Morgan fingerprint density at radius 1 is 0.786 bits per heavy atom. The number of hydrogen-bond acceptors (Lipinski definition) is 3. The predicted octanol–water partition coefficient (Wildman–Crippen LogP) is 4.28. The van der Waals surface area contributed by atoms with Crippen LogP contribution in [0.1, 0.15) is 23.6 Å². The van der Waals surface area contributed by atoms with Crippen molar-refractivity contribution in [2.45, 2.75) is 12.5 Å². The van der Waals surface area contributed by atoms with Crippen LogP contribution in [0.4, 0.5) is 0 Å². The fourth-order valence-corrected chi connectivity index (χ4v) is 4.42. The fourth-order valence-electron chi connectivity index (χ4n) is 4.42. The van der Waals surface area contributed by atoms with Gasteiger partial charge in [0.15, 0.2) is 0 Å². The molecule has 1 aliphatic heterocycles. The normalized spacial score (nSPS) is 15.3. The zero-order valence-corrected chi connectivity index (χ0v) is 16.5. The van der Waals surface area contributed by atoms with Gasteiger partial charge in [-0.3, -0.25) is 4.90 Å². The molecule has 3 aromatic carbocycles. The standard InChI is InChI=1S/C25H28N2O/c1-2-28-24-16-10-9-15-23(24)25(21-11-5-3-6-12-21,22-13-7-4-8-14-22)27-19-17-26-18-20-27/h3-16,26H,2,17-20H2,1H3. The van der Waals surface area contributed by atoms with E-state index in [0.717, 1.165) is 31.9 Å². The maximum atomic E-state index is 6.13. The van der Waals surface area contributed by atoms with Crippen LogP contribution < -0.4 is 10.1 Å². The number of rotatable bonds is 6. The van der Waals surface area contributed by atoms with E-state index in [-0.39, 0.29) is 0 Å². The second kappa shape index (κ2) is 8.59. The molecule has 0 bridgehead atoms. The summed E-state index contributed by atoms with van der Waals surface area (Å²) in [4.78, 5) is 2.60. The molecular formula is C25H28N2O. The minimum Gasteiger partial charge on any atom is -0.493 e. The predicted molar refractivity (Wildman–Crippen MR) is 115 cm³/mol. The molecule has 144 valence electrons. The van der Waals surface area contributed by atoms with Gasteiger partial charge in [-0.15, -0.1) is 0 Å². The van der Waals surface area contributed by atoms with Crippen LogP contribution in [-0.2, 0) is 5.54 Å². The number of para-hydroxylation sites is 1. The minimum absolute atomic E-state index is 0.392. The van der Waals surface area contributed by atoms with E-state index < -0.39 is 5.54 Å². The smallest absolute Gasteiger partial charge is 0.125 e. The third kappa shape index (κ3) is 3.32. The van der Waals surface area contributed by atoms with E-state index in [0.29, 0.717) is 6.61 Å². The van der Waals surface area contributed by atoms with Crippen LogP contribution in [0.15, 0.2) is 84.9 Å². The van der Waals surface area contributed by atoms with Crippen molar-refractivity contribution in [3.8, 4) is 5.75 Å². The van der Waals surface area contributed by atoms with Crippen LogP contribution in [-0.4, -0.2) is 37.7 Å². The Balaban J connectivity index is 2.04. The number of nitrogens with one attached hydrogen (secondary N) is 1. The highest BCUT2D eigenvalue weighted by atomic mass is 16.5. The van der Waals surface area contributed by atoms with Crippen LogP contribution in [0.25, 0.3) is 0 Å². The van der Waals surface area contributed by atoms with Gasteiger partial charge >= 0.3 is 0 Å². The quantitative estimate of drug-likeness (QED) is 0.654. The Morgan fingerprint density at radius 3 is 1.89 bits per heavy atom. The molecule has 0 saturated carbocycles. The van der Waals surface area contributed by atoms with Crippen LogP contribution in [0.3, 0.4) is 0 Å². The maximum Gasteiger partial charge on any atom is 0.125 e. The number of piperazine rings is 1. The minimum atomic E-state index is -0.392. The second-order valence-electron chi connectivity index (χ2n) is 7.11. The highest BCUT2D eigenvalue weighted by molar-refractivity contribution is 5.54. The lowest BCUT2D eigenvalue weighted by atomic mass is 9.74. The van der Waals surface area contributed by atoms with Gasteiger partial charge in [0.25, 0.3) is 0 Å². The van der Waals surface area contributed by atoms with Crippen LogP contribution in [0.2, 0.25) is 0 Å². The first kappa shape index (κ1) is 18.7. The molecule has 3 nitrogen and oxygen atoms in total. The molecular weight excluding hydrogens is 344 g/mol. The van der Waals surface area contributed by atoms with Gasteiger partial charge in [0.2, 0.25) is 0 Å². The lowest BCUT2D eigenvalue weighted by molar-refractivity contribution is 0.133. The van der Waals surface area contributed by atoms with Crippen molar-refractivity contribution in [2.75, 3.05) is 32.8 Å². The van der Waals surface area contributed by atoms with Gasteiger partial charge in [0.05, 0.1) is 6.61 Å². The summed E-state index contributed by atoms with van der Waals surface area (Å²) < 4.78 is 6.13. The number of ether oxygens (including phenoxy) is 1. The van der Waals surface area contributed by atoms with Crippen molar-refractivity contribution in [3.63, 3.8) is 0 Å². The average molecular weight is 373 g/mol. The summed E-state index contributed by atoms with van der Waals surface area (Å²) in [5, 5.41) is 3.51. The van der Waals surface area contributed by atoms with Crippen LogP contribution >= 0.6 is 0 Å². The third-order valence-electron chi connectivity index (χ3n) is 5.55. The molecule has 1 N–H and O–H groups in total. The van der Waals surface area contributed by atoms with Gasteiger partial charge in [-0.05, 0) is 24.1 Å². The monoisotopic (exact) mass is 372 g/mol. The molecule has 1 aliphatic rings. The summed E-state index contributed by atoms with van der Waals surface area (Å²) in [5.74, 6) is 0.955. The van der Waals surface area contributed by atoms with E-state index >= 15 is 0 Å². The van der Waals surface area contributed by atoms with Crippen molar-refractivity contribution in [1.82, 2.24) is 10.2 Å². The highest BCUT2D eigenvalue weighted by Crippen LogP contribution is 2.46. The summed E-state index contributed by atoms with van der Waals surface area (Å²) in [5.41, 5.74) is 3.36. The third-order valence-corrected chi connectivity index (χ3v) is 5.55. The SMILES string of the molecule is CCOc1ccccc1C(c1ccccc1)(c1ccccc1)N1CCNCC1. The van der Waals surface area contributed by atoms with E-state index in [1.807, 2.05) is 6.92 Å².